The van der Waals surface area contributed by atoms with E-state index >= 15 is 0 Å². The summed E-state index contributed by atoms with van der Waals surface area (Å²) in [6.45, 7) is 4.71. The average molecular weight is 548 g/mol. The minimum Gasteiger partial charge on any atom is -0.497 e. The quantitative estimate of drug-likeness (QED) is 0.384. The smallest absolute Gasteiger partial charge is 0.244 e. The Hall–Kier alpha value is -3.47. The van der Waals surface area contributed by atoms with Crippen LogP contribution >= 0.6 is 0 Å². The van der Waals surface area contributed by atoms with E-state index in [0.29, 0.717) is 43.4 Å². The molecule has 1 aliphatic heterocycles. The van der Waals surface area contributed by atoms with Gasteiger partial charge in [0.15, 0.2) is 11.5 Å². The molecule has 1 atom stereocenters. The van der Waals surface area contributed by atoms with Crippen LogP contribution in [0, 0.1) is 0 Å². The van der Waals surface area contributed by atoms with Gasteiger partial charge < -0.3 is 24.4 Å². The summed E-state index contributed by atoms with van der Waals surface area (Å²) < 4.78 is 43.2. The second-order valence-corrected chi connectivity index (χ2v) is 10.9. The van der Waals surface area contributed by atoms with Crippen molar-refractivity contribution in [3.63, 3.8) is 0 Å². The molecule has 10 nitrogen and oxygen atoms in total. The number of carbonyl (C=O) groups is 2. The summed E-state index contributed by atoms with van der Waals surface area (Å²) in [5.74, 6) is 0.747. The van der Waals surface area contributed by atoms with E-state index in [1.807, 2.05) is 19.9 Å². The van der Waals surface area contributed by atoms with Gasteiger partial charge in [-0.25, -0.2) is 8.42 Å². The molecule has 0 spiro atoms. The molecule has 1 unspecified atom stereocenters. The highest BCUT2D eigenvalue weighted by atomic mass is 32.2. The summed E-state index contributed by atoms with van der Waals surface area (Å²) in [6, 6.07) is 11.2. The third-order valence-electron chi connectivity index (χ3n) is 6.20. The molecule has 0 saturated carbocycles. The maximum Gasteiger partial charge on any atom is 0.244 e. The number of ether oxygens (including phenoxy) is 3. The van der Waals surface area contributed by atoms with Gasteiger partial charge in [0, 0.05) is 19.2 Å². The molecule has 0 aliphatic carbocycles. The molecule has 3 rings (SSSR count). The average Bonchev–Trinajstić information content (AvgIpc) is 2.90. The third kappa shape index (κ3) is 7.53. The third-order valence-corrected chi connectivity index (χ3v) is 7.34. The number of rotatable bonds is 13. The van der Waals surface area contributed by atoms with Gasteiger partial charge in [0.05, 0.1) is 19.1 Å². The molecule has 2 amide bonds. The lowest BCUT2D eigenvalue weighted by Crippen LogP contribution is -2.52. The Morgan fingerprint density at radius 3 is 2.47 bits per heavy atom. The molecule has 208 valence electrons. The number of amides is 2. The Balaban J connectivity index is 1.93. The molecule has 0 radical (unpaired) electrons. The van der Waals surface area contributed by atoms with Crippen molar-refractivity contribution in [3.05, 3.63) is 48.0 Å². The molecule has 11 heteroatoms. The lowest BCUT2D eigenvalue weighted by molar-refractivity contribution is -0.140. The highest BCUT2D eigenvalue weighted by Gasteiger charge is 2.32. The number of hydrogen-bond donors (Lipinski definition) is 1. The van der Waals surface area contributed by atoms with E-state index in [1.165, 1.54) is 4.90 Å². The normalized spacial score (nSPS) is 13.4. The molecule has 1 aliphatic rings. The van der Waals surface area contributed by atoms with Crippen molar-refractivity contribution in [1.29, 1.82) is 0 Å². The Morgan fingerprint density at radius 1 is 1.08 bits per heavy atom. The van der Waals surface area contributed by atoms with Gasteiger partial charge >= 0.3 is 0 Å². The topological polar surface area (TPSA) is 114 Å². The van der Waals surface area contributed by atoms with E-state index in [2.05, 4.69) is 5.32 Å². The van der Waals surface area contributed by atoms with Crippen molar-refractivity contribution in [1.82, 2.24) is 10.2 Å². The first-order chi connectivity index (χ1) is 18.2. The Morgan fingerprint density at radius 2 is 1.82 bits per heavy atom. The van der Waals surface area contributed by atoms with Gasteiger partial charge in [-0.05, 0) is 42.7 Å². The highest BCUT2D eigenvalue weighted by molar-refractivity contribution is 7.92. The SMILES string of the molecule is CCCCNC(=O)C(CC)N(Cc1cccc(OC)c1)C(=O)CN(c1ccc2c(c1)OCCO2)S(C)(=O)=O. The number of carbonyl (C=O) groups excluding carboxylic acids is 2. The molecule has 2 aromatic carbocycles. The molecule has 2 aromatic rings. The zero-order chi connectivity index (χ0) is 27.7. The van der Waals surface area contributed by atoms with Crippen LogP contribution in [0.2, 0.25) is 0 Å². The van der Waals surface area contributed by atoms with E-state index < -0.39 is 28.5 Å². The van der Waals surface area contributed by atoms with Gasteiger partial charge in [-0.1, -0.05) is 32.4 Å². The molecule has 0 fully saturated rings. The second kappa shape index (κ2) is 13.4. The van der Waals surface area contributed by atoms with Gasteiger partial charge in [0.25, 0.3) is 0 Å². The van der Waals surface area contributed by atoms with Crippen LogP contribution in [0.3, 0.4) is 0 Å². The fourth-order valence-corrected chi connectivity index (χ4v) is 5.04. The summed E-state index contributed by atoms with van der Waals surface area (Å²) >= 11 is 0. The molecule has 0 bridgehead atoms. The summed E-state index contributed by atoms with van der Waals surface area (Å²) in [5.41, 5.74) is 1.02. The summed E-state index contributed by atoms with van der Waals surface area (Å²) in [6.07, 6.45) is 3.13. The number of fused-ring (bicyclic) bond motifs is 1. The first kappa shape index (κ1) is 29.1. The van der Waals surface area contributed by atoms with E-state index in [-0.39, 0.29) is 18.1 Å². The maximum absolute atomic E-state index is 13.8. The van der Waals surface area contributed by atoms with Crippen LogP contribution in [-0.2, 0) is 26.2 Å². The zero-order valence-electron chi connectivity index (χ0n) is 22.4. The van der Waals surface area contributed by atoms with Crippen LogP contribution in [0.1, 0.15) is 38.7 Å². The van der Waals surface area contributed by atoms with E-state index in [1.54, 1.807) is 43.5 Å². The van der Waals surface area contributed by atoms with Gasteiger partial charge in [-0.15, -0.1) is 0 Å². The Labute approximate surface area is 224 Å². The summed E-state index contributed by atoms with van der Waals surface area (Å²) in [5, 5.41) is 2.91. The lowest BCUT2D eigenvalue weighted by atomic mass is 10.1. The van der Waals surface area contributed by atoms with Crippen LogP contribution in [0.4, 0.5) is 5.69 Å². The zero-order valence-corrected chi connectivity index (χ0v) is 23.3. The van der Waals surface area contributed by atoms with E-state index in [4.69, 9.17) is 14.2 Å². The van der Waals surface area contributed by atoms with Gasteiger partial charge in [-0.2, -0.15) is 0 Å². The maximum atomic E-state index is 13.8. The molecule has 0 aromatic heterocycles. The summed E-state index contributed by atoms with van der Waals surface area (Å²) in [4.78, 5) is 28.4. The monoisotopic (exact) mass is 547 g/mol. The molecular weight excluding hydrogens is 510 g/mol. The predicted molar refractivity (Wildman–Crippen MR) is 145 cm³/mol. The van der Waals surface area contributed by atoms with Crippen LogP contribution in [0.25, 0.3) is 0 Å². The van der Waals surface area contributed by atoms with Crippen molar-refractivity contribution >= 4 is 27.5 Å². The molecule has 1 heterocycles. The fourth-order valence-electron chi connectivity index (χ4n) is 4.19. The number of hydrogen-bond acceptors (Lipinski definition) is 7. The van der Waals surface area contributed by atoms with Gasteiger partial charge in [0.1, 0.15) is 31.5 Å². The number of anilines is 1. The molecule has 1 N–H and O–H groups in total. The number of benzene rings is 2. The van der Waals surface area contributed by atoms with Crippen LogP contribution in [0.15, 0.2) is 42.5 Å². The van der Waals surface area contributed by atoms with Crippen LogP contribution in [0.5, 0.6) is 17.2 Å². The molecule has 38 heavy (non-hydrogen) atoms. The van der Waals surface area contributed by atoms with Crippen LogP contribution < -0.4 is 23.8 Å². The van der Waals surface area contributed by atoms with E-state index in [0.717, 1.165) is 29.0 Å². The first-order valence-corrected chi connectivity index (χ1v) is 14.6. The molecular formula is C27H37N3O7S. The number of methoxy groups -OCH3 is 1. The van der Waals surface area contributed by atoms with Gasteiger partial charge in [0.2, 0.25) is 21.8 Å². The van der Waals surface area contributed by atoms with Gasteiger partial charge in [-0.3, -0.25) is 13.9 Å². The first-order valence-electron chi connectivity index (χ1n) is 12.7. The Bertz CT molecular complexity index is 1220. The number of nitrogens with zero attached hydrogens (tertiary/aromatic N) is 2. The van der Waals surface area contributed by atoms with E-state index in [9.17, 15) is 18.0 Å². The van der Waals surface area contributed by atoms with Crippen molar-refractivity contribution in [2.24, 2.45) is 0 Å². The fraction of sp³-hybridized carbons (Fsp3) is 0.481. The molecule has 0 saturated heterocycles. The number of unbranched alkanes of at least 4 members (excludes halogenated alkanes) is 1. The number of nitrogens with one attached hydrogen (secondary N) is 1. The van der Waals surface area contributed by atoms with Crippen molar-refractivity contribution < 1.29 is 32.2 Å². The predicted octanol–water partition coefficient (Wildman–Crippen LogP) is 2.96. The van der Waals surface area contributed by atoms with Crippen molar-refractivity contribution in [3.8, 4) is 17.2 Å². The highest BCUT2D eigenvalue weighted by Crippen LogP contribution is 2.34. The Kier molecular flexibility index (Phi) is 10.2. The minimum atomic E-state index is -3.86. The second-order valence-electron chi connectivity index (χ2n) is 9.04. The standard InChI is InChI=1S/C27H37N3O7S/c1-5-7-13-28-27(32)23(6-2)29(18-20-9-8-10-22(16-20)35-3)26(31)19-30(38(4,33)34)21-11-12-24-25(17-21)37-15-14-36-24/h8-12,16-17,23H,5-7,13-15,18-19H2,1-4H3,(H,28,32). The van der Waals surface area contributed by atoms with Crippen molar-refractivity contribution in [2.45, 2.75) is 45.7 Å². The lowest BCUT2D eigenvalue weighted by Gasteiger charge is -2.33. The largest absolute Gasteiger partial charge is 0.497 e. The van der Waals surface area contributed by atoms with Crippen LogP contribution in [-0.4, -0.2) is 70.8 Å². The summed E-state index contributed by atoms with van der Waals surface area (Å²) in [7, 11) is -2.31. The van der Waals surface area contributed by atoms with Crippen molar-refractivity contribution in [2.75, 3.05) is 44.0 Å². The number of sulfonamides is 1. The minimum absolute atomic E-state index is 0.106.